The van der Waals surface area contributed by atoms with Gasteiger partial charge in [-0.25, -0.2) is 17.9 Å². The van der Waals surface area contributed by atoms with Crippen LogP contribution in [0.15, 0.2) is 10.3 Å². The molecule has 0 spiro atoms. The lowest BCUT2D eigenvalue weighted by Crippen LogP contribution is -2.51. The summed E-state index contributed by atoms with van der Waals surface area (Å²) in [4.78, 5) is 11.8. The predicted octanol–water partition coefficient (Wildman–Crippen LogP) is 0.962. The monoisotopic (exact) mass is 348 g/mol. The maximum atomic E-state index is 12.6. The number of hydrogen-bond acceptors (Lipinski definition) is 7. The second-order valence-corrected chi connectivity index (χ2v) is 8.03. The van der Waals surface area contributed by atoms with E-state index in [1.807, 2.05) is 6.92 Å². The molecule has 0 saturated carbocycles. The number of methoxy groups -OCH3 is 2. The molecule has 2 atom stereocenters. The molecule has 1 fully saturated rings. The number of thiophene rings is 1. The molecule has 2 heterocycles. The minimum absolute atomic E-state index is 0.00632. The third kappa shape index (κ3) is 3.60. The maximum absolute atomic E-state index is 12.6. The van der Waals surface area contributed by atoms with Crippen LogP contribution < -0.4 is 14.8 Å². The Kier molecular flexibility index (Phi) is 5.43. The molecular formula is C13H20N2O5S2. The van der Waals surface area contributed by atoms with Crippen molar-refractivity contribution in [2.75, 3.05) is 20.8 Å². The Morgan fingerprint density at radius 3 is 2.77 bits per heavy atom. The standard InChI is InChI=1S/C13H20N2O5S2/c1-8-9(5-4-6-14-8)15-22(17,18)13-10(19-2)7-11(21-13)12(16)20-3/h7-9,14-15H,4-6H2,1-3H3. The molecule has 124 valence electrons. The van der Waals surface area contributed by atoms with Crippen molar-refractivity contribution in [1.29, 1.82) is 0 Å². The van der Waals surface area contributed by atoms with Crippen molar-refractivity contribution in [3.63, 3.8) is 0 Å². The number of nitrogens with one attached hydrogen (secondary N) is 2. The molecule has 1 aliphatic rings. The maximum Gasteiger partial charge on any atom is 0.348 e. The van der Waals surface area contributed by atoms with Gasteiger partial charge in [0, 0.05) is 18.2 Å². The SMILES string of the molecule is COC(=O)c1cc(OC)c(S(=O)(=O)NC2CCCNC2C)s1. The Bertz CT molecular complexity index is 641. The van der Waals surface area contributed by atoms with Crippen LogP contribution in [0, 0.1) is 0 Å². The van der Waals surface area contributed by atoms with Gasteiger partial charge in [0.25, 0.3) is 10.0 Å². The average molecular weight is 348 g/mol. The van der Waals surface area contributed by atoms with Crippen molar-refractivity contribution < 1.29 is 22.7 Å². The number of rotatable bonds is 5. The Morgan fingerprint density at radius 2 is 2.18 bits per heavy atom. The highest BCUT2D eigenvalue weighted by Crippen LogP contribution is 2.34. The quantitative estimate of drug-likeness (QED) is 0.770. The summed E-state index contributed by atoms with van der Waals surface area (Å²) in [6.45, 7) is 2.83. The molecule has 1 aromatic heterocycles. The summed E-state index contributed by atoms with van der Waals surface area (Å²) in [6, 6.07) is 1.25. The number of piperidine rings is 1. The van der Waals surface area contributed by atoms with Crippen LogP contribution in [0.4, 0.5) is 0 Å². The number of esters is 1. The minimum atomic E-state index is -3.76. The Hall–Kier alpha value is -1.16. The fourth-order valence-electron chi connectivity index (χ4n) is 2.35. The third-order valence-electron chi connectivity index (χ3n) is 3.58. The van der Waals surface area contributed by atoms with E-state index < -0.39 is 16.0 Å². The zero-order valence-electron chi connectivity index (χ0n) is 12.7. The van der Waals surface area contributed by atoms with Crippen LogP contribution in [0.1, 0.15) is 29.4 Å². The zero-order valence-corrected chi connectivity index (χ0v) is 14.3. The largest absolute Gasteiger partial charge is 0.494 e. The van der Waals surface area contributed by atoms with E-state index in [0.29, 0.717) is 0 Å². The first-order valence-electron chi connectivity index (χ1n) is 6.91. The van der Waals surface area contributed by atoms with Crippen molar-refractivity contribution in [3.8, 4) is 5.75 Å². The van der Waals surface area contributed by atoms with E-state index in [9.17, 15) is 13.2 Å². The van der Waals surface area contributed by atoms with Crippen LogP contribution in [-0.2, 0) is 14.8 Å². The number of sulfonamides is 1. The smallest absolute Gasteiger partial charge is 0.348 e. The number of ether oxygens (including phenoxy) is 2. The Labute approximate surface area is 134 Å². The first-order valence-corrected chi connectivity index (χ1v) is 9.21. The lowest BCUT2D eigenvalue weighted by atomic mass is 10.0. The highest BCUT2D eigenvalue weighted by Gasteiger charge is 2.31. The summed E-state index contributed by atoms with van der Waals surface area (Å²) in [5.74, 6) is -0.438. The molecule has 1 aliphatic heterocycles. The second-order valence-electron chi connectivity index (χ2n) is 5.07. The molecular weight excluding hydrogens is 328 g/mol. The van der Waals surface area contributed by atoms with E-state index in [0.717, 1.165) is 30.7 Å². The average Bonchev–Trinajstić information content (AvgIpc) is 2.94. The van der Waals surface area contributed by atoms with Crippen molar-refractivity contribution in [3.05, 3.63) is 10.9 Å². The van der Waals surface area contributed by atoms with Gasteiger partial charge in [-0.15, -0.1) is 11.3 Å². The molecule has 1 aromatic rings. The molecule has 0 aliphatic carbocycles. The third-order valence-corrected chi connectivity index (χ3v) is 6.69. The van der Waals surface area contributed by atoms with Crippen molar-refractivity contribution >= 4 is 27.3 Å². The molecule has 0 radical (unpaired) electrons. The number of carbonyl (C=O) groups excluding carboxylic acids is 1. The van der Waals surface area contributed by atoms with Crippen molar-refractivity contribution in [1.82, 2.24) is 10.0 Å². The molecule has 9 heteroatoms. The molecule has 22 heavy (non-hydrogen) atoms. The van der Waals surface area contributed by atoms with Gasteiger partial charge in [-0.3, -0.25) is 0 Å². The normalized spacial score (nSPS) is 22.3. The summed E-state index contributed by atoms with van der Waals surface area (Å²) in [5.41, 5.74) is 0. The topological polar surface area (TPSA) is 93.7 Å². The summed E-state index contributed by atoms with van der Waals surface area (Å²) in [6.07, 6.45) is 1.68. The molecule has 2 N–H and O–H groups in total. The Balaban J connectivity index is 2.28. The lowest BCUT2D eigenvalue weighted by molar-refractivity contribution is 0.0606. The van der Waals surface area contributed by atoms with Gasteiger partial charge in [-0.05, 0) is 26.3 Å². The van der Waals surface area contributed by atoms with E-state index in [2.05, 4.69) is 14.8 Å². The predicted molar refractivity (Wildman–Crippen MR) is 83.0 cm³/mol. The van der Waals surface area contributed by atoms with E-state index in [1.165, 1.54) is 20.3 Å². The first kappa shape index (κ1) is 17.2. The summed E-state index contributed by atoms with van der Waals surface area (Å²) < 4.78 is 37.6. The zero-order chi connectivity index (χ0) is 16.3. The minimum Gasteiger partial charge on any atom is -0.494 e. The van der Waals surface area contributed by atoms with E-state index in [1.54, 1.807) is 0 Å². The van der Waals surface area contributed by atoms with Gasteiger partial charge >= 0.3 is 5.97 Å². The second kappa shape index (κ2) is 6.95. The number of carbonyl (C=O) groups is 1. The summed E-state index contributed by atoms with van der Waals surface area (Å²) in [7, 11) is -1.15. The van der Waals surface area contributed by atoms with Crippen molar-refractivity contribution in [2.24, 2.45) is 0 Å². The highest BCUT2D eigenvalue weighted by atomic mass is 32.2. The van der Waals surface area contributed by atoms with Crippen LogP contribution in [0.25, 0.3) is 0 Å². The van der Waals surface area contributed by atoms with Crippen LogP contribution in [0.5, 0.6) is 5.75 Å². The summed E-state index contributed by atoms with van der Waals surface area (Å²) >= 11 is 0.843. The molecule has 2 unspecified atom stereocenters. The fourth-order valence-corrected chi connectivity index (χ4v) is 5.21. The van der Waals surface area contributed by atoms with E-state index in [4.69, 9.17) is 4.74 Å². The number of hydrogen-bond donors (Lipinski definition) is 2. The molecule has 1 saturated heterocycles. The van der Waals surface area contributed by atoms with Crippen LogP contribution in [0.3, 0.4) is 0 Å². The molecule has 0 bridgehead atoms. The van der Waals surface area contributed by atoms with E-state index in [-0.39, 0.29) is 26.9 Å². The molecule has 7 nitrogen and oxygen atoms in total. The lowest BCUT2D eigenvalue weighted by Gasteiger charge is -2.30. The summed E-state index contributed by atoms with van der Waals surface area (Å²) in [5, 5.41) is 3.24. The van der Waals surface area contributed by atoms with Gasteiger partial charge in [0.1, 0.15) is 4.88 Å². The van der Waals surface area contributed by atoms with Crippen molar-refractivity contribution in [2.45, 2.75) is 36.1 Å². The van der Waals surface area contributed by atoms with Gasteiger partial charge in [0.05, 0.1) is 14.2 Å². The van der Waals surface area contributed by atoms with Crippen LogP contribution >= 0.6 is 11.3 Å². The molecule has 0 amide bonds. The molecule has 2 rings (SSSR count). The molecule has 0 aromatic carbocycles. The first-order chi connectivity index (χ1) is 10.4. The van der Waals surface area contributed by atoms with E-state index >= 15 is 0 Å². The van der Waals surface area contributed by atoms with Crippen LogP contribution in [0.2, 0.25) is 0 Å². The van der Waals surface area contributed by atoms with Gasteiger partial charge in [-0.2, -0.15) is 0 Å². The van der Waals surface area contributed by atoms with Gasteiger partial charge in [-0.1, -0.05) is 0 Å². The highest BCUT2D eigenvalue weighted by molar-refractivity contribution is 7.91. The van der Waals surface area contributed by atoms with Gasteiger partial charge in [0.2, 0.25) is 0 Å². The van der Waals surface area contributed by atoms with Gasteiger partial charge < -0.3 is 14.8 Å². The van der Waals surface area contributed by atoms with Gasteiger partial charge in [0.15, 0.2) is 9.96 Å². The van der Waals surface area contributed by atoms with Crippen LogP contribution in [-0.4, -0.2) is 47.2 Å². The Morgan fingerprint density at radius 1 is 1.45 bits per heavy atom. The fraction of sp³-hybridized carbons (Fsp3) is 0.615.